The molecule has 1 aliphatic heterocycles. The number of guanidine groups is 1. The number of likely N-dealkylation sites (tertiary alicyclic amines) is 1. The first-order valence-electron chi connectivity index (χ1n) is 14.3. The Kier molecular flexibility index (Phi) is 7.34. The molecule has 0 radical (unpaired) electrons. The van der Waals surface area contributed by atoms with Gasteiger partial charge in [0.1, 0.15) is 0 Å². The van der Waals surface area contributed by atoms with Gasteiger partial charge in [-0.1, -0.05) is 50.0 Å². The molecule has 3 aliphatic carbocycles. The Hall–Kier alpha value is -2.61. The van der Waals surface area contributed by atoms with Crippen LogP contribution in [0.2, 0.25) is 10.0 Å². The average Bonchev–Trinajstić information content (AvgIpc) is 3.35. The SMILES string of the molecule is C[C@H]1C(N=C(Nc2ccc3c(=O)n(CCc4ccc(Cl)cc4Cl)cnc3c2)N2CC[C@@H](O)C2)C[C@H]2C[C@H]1C2(C)C. The van der Waals surface area contributed by atoms with Crippen LogP contribution >= 0.6 is 23.2 Å². The van der Waals surface area contributed by atoms with Gasteiger partial charge in [-0.25, -0.2) is 9.98 Å². The number of nitrogens with zero attached hydrogens (tertiary/aromatic N) is 4. The molecule has 9 heteroatoms. The molecule has 2 heterocycles. The molecule has 1 aromatic heterocycles. The standard InChI is InChI=1S/C31H37Cl2N5O2/c1-18-25-12-20(31(25,2)3)13-27(18)36-30(37-11-9-23(39)16-37)35-22-6-7-24-28(15-22)34-17-38(29(24)40)10-8-19-4-5-21(32)14-26(19)33/h4-7,14-15,17-18,20,23,25,27,39H,8-13,16H2,1-3H3,(H,35,36)/t18-,20-,23-,25-,27?/m1/s1. The predicted molar refractivity (Wildman–Crippen MR) is 162 cm³/mol. The summed E-state index contributed by atoms with van der Waals surface area (Å²) >= 11 is 12.3. The number of halogens is 2. The van der Waals surface area contributed by atoms with Crippen LogP contribution in [0, 0.1) is 23.2 Å². The van der Waals surface area contributed by atoms with E-state index >= 15 is 0 Å². The van der Waals surface area contributed by atoms with Crippen molar-refractivity contribution < 1.29 is 5.11 Å². The van der Waals surface area contributed by atoms with Crippen LogP contribution in [0.25, 0.3) is 10.9 Å². The number of hydrogen-bond donors (Lipinski definition) is 2. The smallest absolute Gasteiger partial charge is 0.261 e. The van der Waals surface area contributed by atoms with Crippen LogP contribution in [-0.4, -0.2) is 50.8 Å². The van der Waals surface area contributed by atoms with Crippen molar-refractivity contribution in [2.45, 2.75) is 65.1 Å². The highest BCUT2D eigenvalue weighted by atomic mass is 35.5. The quantitative estimate of drug-likeness (QED) is 0.291. The van der Waals surface area contributed by atoms with E-state index in [1.54, 1.807) is 23.0 Å². The monoisotopic (exact) mass is 581 g/mol. The Morgan fingerprint density at radius 3 is 2.73 bits per heavy atom. The first-order valence-corrected chi connectivity index (χ1v) is 15.1. The van der Waals surface area contributed by atoms with E-state index in [9.17, 15) is 9.90 Å². The molecular formula is C31H37Cl2N5O2. The molecule has 1 saturated heterocycles. The molecule has 0 spiro atoms. The summed E-state index contributed by atoms with van der Waals surface area (Å²) in [5.74, 6) is 2.74. The minimum Gasteiger partial charge on any atom is -0.391 e. The van der Waals surface area contributed by atoms with Gasteiger partial charge in [0.05, 0.1) is 29.4 Å². The predicted octanol–water partition coefficient (Wildman–Crippen LogP) is 5.85. The van der Waals surface area contributed by atoms with Gasteiger partial charge in [-0.2, -0.15) is 0 Å². The number of fused-ring (bicyclic) bond motifs is 3. The summed E-state index contributed by atoms with van der Waals surface area (Å²) in [7, 11) is 0. The fourth-order valence-corrected chi connectivity index (χ4v) is 7.57. The van der Waals surface area contributed by atoms with Gasteiger partial charge in [0, 0.05) is 35.4 Å². The number of nitrogens with one attached hydrogen (secondary N) is 1. The zero-order valence-corrected chi connectivity index (χ0v) is 24.8. The lowest BCUT2D eigenvalue weighted by atomic mass is 9.45. The number of aliphatic imine (C=N–C) groups is 1. The fraction of sp³-hybridized carbons (Fsp3) is 0.516. The van der Waals surface area contributed by atoms with E-state index in [4.69, 9.17) is 28.2 Å². The summed E-state index contributed by atoms with van der Waals surface area (Å²) in [6.07, 6.45) is 5.00. The summed E-state index contributed by atoms with van der Waals surface area (Å²) < 4.78 is 1.62. The third kappa shape index (κ3) is 5.12. The third-order valence-electron chi connectivity index (χ3n) is 9.78. The number of benzene rings is 2. The van der Waals surface area contributed by atoms with Crippen molar-refractivity contribution in [3.63, 3.8) is 0 Å². The molecule has 7 nitrogen and oxygen atoms in total. The number of aryl methyl sites for hydroxylation is 2. The minimum atomic E-state index is -0.345. The maximum atomic E-state index is 13.2. The topological polar surface area (TPSA) is 82.8 Å². The third-order valence-corrected chi connectivity index (χ3v) is 10.4. The second-order valence-electron chi connectivity index (χ2n) is 12.4. The van der Waals surface area contributed by atoms with Gasteiger partial charge in [-0.3, -0.25) is 9.36 Å². The average molecular weight is 583 g/mol. The van der Waals surface area contributed by atoms with Crippen molar-refractivity contribution in [3.8, 4) is 0 Å². The number of aliphatic hydroxyl groups excluding tert-OH is 1. The summed E-state index contributed by atoms with van der Waals surface area (Å²) in [5.41, 5.74) is 2.71. The molecule has 40 heavy (non-hydrogen) atoms. The molecule has 2 N–H and O–H groups in total. The molecule has 5 atom stereocenters. The molecule has 0 amide bonds. The Morgan fingerprint density at radius 2 is 2.02 bits per heavy atom. The van der Waals surface area contributed by atoms with Gasteiger partial charge >= 0.3 is 0 Å². The lowest BCUT2D eigenvalue weighted by Crippen LogP contribution is -2.56. The van der Waals surface area contributed by atoms with Gasteiger partial charge in [0.2, 0.25) is 0 Å². The highest BCUT2D eigenvalue weighted by Gasteiger charge is 2.56. The Balaban J connectivity index is 1.23. The number of aromatic nitrogens is 2. The number of rotatable bonds is 5. The highest BCUT2D eigenvalue weighted by molar-refractivity contribution is 6.35. The number of aliphatic hydroxyl groups is 1. The minimum absolute atomic E-state index is 0.0870. The van der Waals surface area contributed by atoms with E-state index in [1.807, 2.05) is 24.3 Å². The van der Waals surface area contributed by atoms with Gasteiger partial charge in [-0.05, 0) is 84.7 Å². The summed E-state index contributed by atoms with van der Waals surface area (Å²) in [4.78, 5) is 25.3. The van der Waals surface area contributed by atoms with E-state index < -0.39 is 0 Å². The molecule has 212 valence electrons. The van der Waals surface area contributed by atoms with E-state index in [0.29, 0.717) is 57.7 Å². The number of hydrogen-bond acceptors (Lipinski definition) is 4. The number of anilines is 1. The molecule has 7 rings (SSSR count). The zero-order chi connectivity index (χ0) is 28.2. The van der Waals surface area contributed by atoms with Crippen molar-refractivity contribution in [3.05, 3.63) is 68.7 Å². The maximum absolute atomic E-state index is 13.2. The fourth-order valence-electron chi connectivity index (χ4n) is 7.07. The Bertz CT molecular complexity index is 1520. The van der Waals surface area contributed by atoms with Crippen LogP contribution in [0.5, 0.6) is 0 Å². The van der Waals surface area contributed by atoms with Gasteiger partial charge in [-0.15, -0.1) is 0 Å². The zero-order valence-electron chi connectivity index (χ0n) is 23.3. The van der Waals surface area contributed by atoms with E-state index in [2.05, 4.69) is 36.0 Å². The van der Waals surface area contributed by atoms with Crippen molar-refractivity contribution in [1.82, 2.24) is 14.5 Å². The van der Waals surface area contributed by atoms with Crippen LogP contribution in [-0.2, 0) is 13.0 Å². The number of β-amino-alcohol motifs (C(OH)–C–C–N with tert-alkyl or cyclic N) is 1. The van der Waals surface area contributed by atoms with E-state index in [-0.39, 0.29) is 17.7 Å². The van der Waals surface area contributed by atoms with E-state index in [0.717, 1.165) is 42.5 Å². The molecule has 1 unspecified atom stereocenters. The second kappa shape index (κ2) is 10.7. The van der Waals surface area contributed by atoms with Crippen LogP contribution < -0.4 is 10.9 Å². The van der Waals surface area contributed by atoms with Gasteiger partial charge in [0.25, 0.3) is 5.56 Å². The van der Waals surface area contributed by atoms with Crippen molar-refractivity contribution in [1.29, 1.82) is 0 Å². The summed E-state index contributed by atoms with van der Waals surface area (Å²) in [5, 5.41) is 15.5. The molecule has 4 aliphatic rings. The Morgan fingerprint density at radius 1 is 1.20 bits per heavy atom. The maximum Gasteiger partial charge on any atom is 0.261 e. The van der Waals surface area contributed by atoms with Crippen molar-refractivity contribution in [2.75, 3.05) is 18.4 Å². The lowest BCUT2D eigenvalue weighted by molar-refractivity contribution is -0.108. The van der Waals surface area contributed by atoms with Crippen LogP contribution in [0.15, 0.2) is 52.5 Å². The van der Waals surface area contributed by atoms with E-state index in [1.165, 1.54) is 6.42 Å². The first-order chi connectivity index (χ1) is 19.1. The molecule has 3 aromatic rings. The molecule has 3 saturated carbocycles. The normalized spacial score (nSPS) is 27.6. The lowest BCUT2D eigenvalue weighted by Gasteiger charge is -2.61. The van der Waals surface area contributed by atoms with Crippen LogP contribution in [0.4, 0.5) is 5.69 Å². The van der Waals surface area contributed by atoms with Gasteiger partial charge < -0.3 is 15.3 Å². The molecule has 2 aromatic carbocycles. The molecule has 2 bridgehead atoms. The van der Waals surface area contributed by atoms with Crippen LogP contribution in [0.3, 0.4) is 0 Å². The second-order valence-corrected chi connectivity index (χ2v) is 13.3. The van der Waals surface area contributed by atoms with Crippen molar-refractivity contribution >= 4 is 45.8 Å². The molecule has 4 fully saturated rings. The molecular weight excluding hydrogens is 545 g/mol. The first kappa shape index (κ1) is 27.6. The van der Waals surface area contributed by atoms with Gasteiger partial charge in [0.15, 0.2) is 5.96 Å². The Labute approximate surface area is 245 Å². The largest absolute Gasteiger partial charge is 0.391 e. The highest BCUT2D eigenvalue weighted by Crippen LogP contribution is 2.61. The summed E-state index contributed by atoms with van der Waals surface area (Å²) in [6, 6.07) is 11.3. The van der Waals surface area contributed by atoms with Crippen molar-refractivity contribution in [2.24, 2.45) is 28.2 Å². The summed E-state index contributed by atoms with van der Waals surface area (Å²) in [6.45, 7) is 8.95. The van der Waals surface area contributed by atoms with Crippen LogP contribution in [0.1, 0.15) is 45.6 Å².